The summed E-state index contributed by atoms with van der Waals surface area (Å²) in [6.45, 7) is 12.5. The maximum absolute atomic E-state index is 11.7. The van der Waals surface area contributed by atoms with E-state index in [9.17, 15) is 4.79 Å². The Morgan fingerprint density at radius 2 is 1.85 bits per heavy atom. The van der Waals surface area contributed by atoms with Crippen molar-refractivity contribution in [1.82, 2.24) is 29.7 Å². The number of amides is 1. The molecule has 1 aliphatic rings. The highest BCUT2D eigenvalue weighted by molar-refractivity contribution is 5.77. The highest BCUT2D eigenvalue weighted by Gasteiger charge is 2.23. The van der Waals surface area contributed by atoms with E-state index in [-0.39, 0.29) is 11.3 Å². The van der Waals surface area contributed by atoms with Gasteiger partial charge in [-0.25, -0.2) is 9.97 Å². The van der Waals surface area contributed by atoms with E-state index in [4.69, 9.17) is 9.97 Å². The standard InChI is InChI=1S/C25H35N7O/c1-17-7-8-19(25(2,3)4)13-18(17)14-20-22-23(27-16-30(22)6)29-24(28-20)32-11-9-31(10-12-32)15-21(33)26-5/h7-8,13,16H,9-12,14-15H2,1-6H3,(H,26,33). The molecule has 8 heteroatoms. The Hall–Kier alpha value is -3.00. The van der Waals surface area contributed by atoms with E-state index in [0.29, 0.717) is 6.54 Å². The number of carbonyl (C=O) groups is 1. The lowest BCUT2D eigenvalue weighted by Crippen LogP contribution is -2.49. The topological polar surface area (TPSA) is 79.2 Å². The van der Waals surface area contributed by atoms with Crippen molar-refractivity contribution in [3.63, 3.8) is 0 Å². The molecule has 0 spiro atoms. The fourth-order valence-corrected chi connectivity index (χ4v) is 4.29. The quantitative estimate of drug-likeness (QED) is 0.645. The smallest absolute Gasteiger partial charge is 0.233 e. The summed E-state index contributed by atoms with van der Waals surface area (Å²) < 4.78 is 2.01. The van der Waals surface area contributed by atoms with E-state index in [2.05, 4.69) is 66.0 Å². The first-order chi connectivity index (χ1) is 15.7. The molecule has 0 unspecified atom stereocenters. The Kier molecular flexibility index (Phi) is 6.38. The zero-order chi connectivity index (χ0) is 23.8. The second kappa shape index (κ2) is 9.09. The van der Waals surface area contributed by atoms with E-state index in [0.717, 1.165) is 55.4 Å². The van der Waals surface area contributed by atoms with Crippen molar-refractivity contribution in [3.05, 3.63) is 46.9 Å². The van der Waals surface area contributed by atoms with Crippen LogP contribution in [0.2, 0.25) is 0 Å². The van der Waals surface area contributed by atoms with Crippen molar-refractivity contribution < 1.29 is 4.79 Å². The number of fused-ring (bicyclic) bond motifs is 1. The Bertz CT molecular complexity index is 1150. The maximum atomic E-state index is 11.7. The van der Waals surface area contributed by atoms with Crippen LogP contribution in [0.1, 0.15) is 43.2 Å². The maximum Gasteiger partial charge on any atom is 0.233 e. The van der Waals surface area contributed by atoms with Crippen molar-refractivity contribution >= 4 is 23.0 Å². The van der Waals surface area contributed by atoms with Crippen LogP contribution in [0.5, 0.6) is 0 Å². The number of hydrogen-bond donors (Lipinski definition) is 1. The first-order valence-electron chi connectivity index (χ1n) is 11.6. The van der Waals surface area contributed by atoms with E-state index < -0.39 is 0 Å². The Morgan fingerprint density at radius 3 is 2.52 bits per heavy atom. The lowest BCUT2D eigenvalue weighted by molar-refractivity contribution is -0.121. The molecular formula is C25H35N7O. The summed E-state index contributed by atoms with van der Waals surface area (Å²) >= 11 is 0. The average molecular weight is 450 g/mol. The molecule has 0 saturated carbocycles. The molecule has 1 amide bonds. The highest BCUT2D eigenvalue weighted by Crippen LogP contribution is 2.27. The lowest BCUT2D eigenvalue weighted by Gasteiger charge is -2.34. The molecule has 2 aromatic heterocycles. The van der Waals surface area contributed by atoms with Crippen LogP contribution in [0.15, 0.2) is 24.5 Å². The molecule has 1 fully saturated rings. The third kappa shape index (κ3) is 5.00. The summed E-state index contributed by atoms with van der Waals surface area (Å²) in [5.74, 6) is 0.769. The highest BCUT2D eigenvalue weighted by atomic mass is 16.1. The van der Waals surface area contributed by atoms with Gasteiger partial charge in [0.15, 0.2) is 5.65 Å². The molecule has 1 aromatic carbocycles. The third-order valence-electron chi connectivity index (χ3n) is 6.51. The van der Waals surface area contributed by atoms with Crippen molar-refractivity contribution in [3.8, 4) is 0 Å². The Morgan fingerprint density at radius 1 is 1.12 bits per heavy atom. The number of piperazine rings is 1. The first-order valence-corrected chi connectivity index (χ1v) is 11.6. The molecule has 4 rings (SSSR count). The molecule has 1 aliphatic heterocycles. The van der Waals surface area contributed by atoms with E-state index in [1.54, 1.807) is 7.05 Å². The number of imidazole rings is 1. The van der Waals surface area contributed by atoms with Crippen LogP contribution < -0.4 is 10.2 Å². The summed E-state index contributed by atoms with van der Waals surface area (Å²) in [5, 5.41) is 2.70. The Labute approximate surface area is 196 Å². The van der Waals surface area contributed by atoms with Gasteiger partial charge in [0, 0.05) is 46.7 Å². The fourth-order valence-electron chi connectivity index (χ4n) is 4.29. The minimum Gasteiger partial charge on any atom is -0.358 e. The number of carbonyl (C=O) groups excluding carboxylic acids is 1. The van der Waals surface area contributed by atoms with Crippen molar-refractivity contribution in [2.24, 2.45) is 7.05 Å². The number of likely N-dealkylation sites (N-methyl/N-ethyl adjacent to an activating group) is 1. The van der Waals surface area contributed by atoms with Crippen molar-refractivity contribution in [2.75, 3.05) is 44.7 Å². The summed E-state index contributed by atoms with van der Waals surface area (Å²) in [5.41, 5.74) is 6.68. The second-order valence-corrected chi connectivity index (χ2v) is 10.0. The molecule has 1 N–H and O–H groups in total. The normalized spacial score (nSPS) is 15.3. The molecular weight excluding hydrogens is 414 g/mol. The molecule has 0 radical (unpaired) electrons. The van der Waals surface area contributed by atoms with Crippen LogP contribution in [0.4, 0.5) is 5.95 Å². The number of aryl methyl sites for hydroxylation is 2. The summed E-state index contributed by atoms with van der Waals surface area (Å²) in [7, 11) is 3.67. The van der Waals surface area contributed by atoms with Gasteiger partial charge in [-0.3, -0.25) is 9.69 Å². The molecule has 0 aliphatic carbocycles. The van der Waals surface area contributed by atoms with E-state index in [1.165, 1.54) is 16.7 Å². The van der Waals surface area contributed by atoms with Crippen LogP contribution >= 0.6 is 0 Å². The minimum atomic E-state index is 0.0461. The van der Waals surface area contributed by atoms with Gasteiger partial charge < -0.3 is 14.8 Å². The molecule has 3 aromatic rings. The SMILES string of the molecule is CNC(=O)CN1CCN(c2nc(Cc3cc(C(C)(C)C)ccc3C)c3c(ncn3C)n2)CC1. The van der Waals surface area contributed by atoms with Crippen LogP contribution in [0.3, 0.4) is 0 Å². The summed E-state index contributed by atoms with van der Waals surface area (Å²) in [6, 6.07) is 6.75. The van der Waals surface area contributed by atoms with Crippen LogP contribution in [0, 0.1) is 6.92 Å². The molecule has 0 atom stereocenters. The van der Waals surface area contributed by atoms with Crippen LogP contribution in [-0.4, -0.2) is 70.1 Å². The largest absolute Gasteiger partial charge is 0.358 e. The third-order valence-corrected chi connectivity index (χ3v) is 6.51. The van der Waals surface area contributed by atoms with Gasteiger partial charge in [0.2, 0.25) is 11.9 Å². The molecule has 176 valence electrons. The number of hydrogen-bond acceptors (Lipinski definition) is 6. The van der Waals surface area contributed by atoms with Gasteiger partial charge in [-0.1, -0.05) is 39.0 Å². The van der Waals surface area contributed by atoms with Crippen LogP contribution in [0.25, 0.3) is 11.2 Å². The van der Waals surface area contributed by atoms with Gasteiger partial charge >= 0.3 is 0 Å². The molecule has 8 nitrogen and oxygen atoms in total. The van der Waals surface area contributed by atoms with Crippen molar-refractivity contribution in [1.29, 1.82) is 0 Å². The monoisotopic (exact) mass is 449 g/mol. The number of anilines is 1. The second-order valence-electron chi connectivity index (χ2n) is 10.0. The molecule has 33 heavy (non-hydrogen) atoms. The predicted molar refractivity (Wildman–Crippen MR) is 132 cm³/mol. The lowest BCUT2D eigenvalue weighted by atomic mass is 9.84. The number of nitrogens with zero attached hydrogens (tertiary/aromatic N) is 6. The Balaban J connectivity index is 1.63. The van der Waals surface area contributed by atoms with Gasteiger partial charge in [0.05, 0.1) is 18.6 Å². The van der Waals surface area contributed by atoms with Crippen LogP contribution in [-0.2, 0) is 23.7 Å². The molecule has 0 bridgehead atoms. The van der Waals surface area contributed by atoms with Gasteiger partial charge in [-0.2, -0.15) is 4.98 Å². The zero-order valence-electron chi connectivity index (χ0n) is 20.6. The minimum absolute atomic E-state index is 0.0461. The molecule has 3 heterocycles. The number of rotatable bonds is 5. The summed E-state index contributed by atoms with van der Waals surface area (Å²) in [4.78, 5) is 30.5. The number of benzene rings is 1. The molecule has 1 saturated heterocycles. The number of aromatic nitrogens is 4. The summed E-state index contributed by atoms with van der Waals surface area (Å²) in [6.07, 6.45) is 2.55. The fraction of sp³-hybridized carbons (Fsp3) is 0.520. The van der Waals surface area contributed by atoms with Gasteiger partial charge in [0.25, 0.3) is 0 Å². The van der Waals surface area contributed by atoms with Gasteiger partial charge in [-0.15, -0.1) is 0 Å². The zero-order valence-corrected chi connectivity index (χ0v) is 20.6. The van der Waals surface area contributed by atoms with E-state index in [1.807, 2.05) is 17.9 Å². The van der Waals surface area contributed by atoms with Gasteiger partial charge in [0.1, 0.15) is 5.52 Å². The van der Waals surface area contributed by atoms with Gasteiger partial charge in [-0.05, 0) is 29.0 Å². The average Bonchev–Trinajstić information content (AvgIpc) is 3.15. The van der Waals surface area contributed by atoms with E-state index >= 15 is 0 Å². The first kappa shape index (κ1) is 23.2. The predicted octanol–water partition coefficient (Wildman–Crippen LogP) is 2.43. The number of nitrogens with one attached hydrogen (secondary N) is 1. The van der Waals surface area contributed by atoms with Crippen molar-refractivity contribution in [2.45, 2.75) is 39.5 Å².